The Hall–Kier alpha value is -1.13. The van der Waals surface area contributed by atoms with Gasteiger partial charge in [0.15, 0.2) is 5.15 Å². The van der Waals surface area contributed by atoms with Gasteiger partial charge < -0.3 is 11.1 Å². The average molecular weight is 280 g/mol. The normalized spacial score (nSPS) is 32.6. The van der Waals surface area contributed by atoms with E-state index < -0.39 is 0 Å². The van der Waals surface area contributed by atoms with Crippen molar-refractivity contribution >= 4 is 23.2 Å². The third kappa shape index (κ3) is 2.23. The number of fused-ring (bicyclic) bond motifs is 2. The molecule has 4 nitrogen and oxygen atoms in total. The van der Waals surface area contributed by atoms with Crippen LogP contribution in [0.2, 0.25) is 5.15 Å². The first-order valence-electron chi connectivity index (χ1n) is 6.75. The molecule has 0 saturated heterocycles. The zero-order valence-electron chi connectivity index (χ0n) is 10.9. The molecule has 2 aliphatic rings. The summed E-state index contributed by atoms with van der Waals surface area (Å²) in [6.45, 7) is 1.92. The molecule has 2 bridgehead atoms. The van der Waals surface area contributed by atoms with Gasteiger partial charge in [-0.3, -0.25) is 4.79 Å². The Morgan fingerprint density at radius 3 is 2.89 bits per heavy atom. The van der Waals surface area contributed by atoms with Gasteiger partial charge in [-0.15, -0.1) is 0 Å². The minimum Gasteiger partial charge on any atom is -0.327 e. The minimum atomic E-state index is -0.0738. The van der Waals surface area contributed by atoms with E-state index in [1.165, 1.54) is 6.42 Å². The number of nitrogens with two attached hydrogens (primary N) is 1. The third-order valence-electron chi connectivity index (χ3n) is 4.52. The number of aromatic nitrogens is 1. The second-order valence-electron chi connectivity index (χ2n) is 5.78. The van der Waals surface area contributed by atoms with Crippen LogP contribution < -0.4 is 11.1 Å². The summed E-state index contributed by atoms with van der Waals surface area (Å²) >= 11 is 6.01. The fourth-order valence-electron chi connectivity index (χ4n) is 3.58. The fraction of sp³-hybridized carbons (Fsp3) is 0.571. The number of anilines is 1. The lowest BCUT2D eigenvalue weighted by atomic mass is 9.84. The summed E-state index contributed by atoms with van der Waals surface area (Å²) in [6.07, 6.45) is 5.07. The molecule has 0 radical (unpaired) electrons. The number of hydrogen-bond acceptors (Lipinski definition) is 3. The van der Waals surface area contributed by atoms with Gasteiger partial charge in [0, 0.05) is 12.2 Å². The molecule has 2 aliphatic carbocycles. The molecule has 1 aromatic heterocycles. The summed E-state index contributed by atoms with van der Waals surface area (Å²) in [4.78, 5) is 16.4. The van der Waals surface area contributed by atoms with Crippen molar-refractivity contribution < 1.29 is 4.79 Å². The highest BCUT2D eigenvalue weighted by molar-refractivity contribution is 6.32. The van der Waals surface area contributed by atoms with Crippen molar-refractivity contribution in [1.82, 2.24) is 4.98 Å². The standard InChI is InChI=1S/C14H18ClN3O/c1-7-4-10(13(15)17-6-7)18-14(19)11-8-2-3-9(5-8)12(11)16/h4,6,8-9,11-12H,2-3,5,16H2,1H3,(H,18,19). The Morgan fingerprint density at radius 2 is 2.21 bits per heavy atom. The number of aryl methyl sites for hydroxylation is 1. The van der Waals surface area contributed by atoms with Gasteiger partial charge in [-0.05, 0) is 49.7 Å². The van der Waals surface area contributed by atoms with Crippen molar-refractivity contribution in [3.8, 4) is 0 Å². The lowest BCUT2D eigenvalue weighted by molar-refractivity contribution is -0.121. The molecule has 0 aromatic carbocycles. The lowest BCUT2D eigenvalue weighted by Crippen LogP contribution is -2.42. The molecule has 1 heterocycles. The Bertz CT molecular complexity index is 517. The monoisotopic (exact) mass is 279 g/mol. The number of nitrogens with zero attached hydrogens (tertiary/aromatic N) is 1. The number of carbonyl (C=O) groups excluding carboxylic acids is 1. The Kier molecular flexibility index (Phi) is 3.23. The SMILES string of the molecule is Cc1cnc(Cl)c(NC(=O)C2C3CCC(C3)C2N)c1. The van der Waals surface area contributed by atoms with Crippen molar-refractivity contribution in [2.24, 2.45) is 23.5 Å². The van der Waals surface area contributed by atoms with Gasteiger partial charge >= 0.3 is 0 Å². The highest BCUT2D eigenvalue weighted by atomic mass is 35.5. The summed E-state index contributed by atoms with van der Waals surface area (Å²) in [5, 5.41) is 3.22. The molecule has 3 rings (SSSR count). The summed E-state index contributed by atoms with van der Waals surface area (Å²) in [7, 11) is 0. The van der Waals surface area contributed by atoms with Crippen LogP contribution in [0.1, 0.15) is 24.8 Å². The van der Waals surface area contributed by atoms with Gasteiger partial charge in [-0.2, -0.15) is 0 Å². The van der Waals surface area contributed by atoms with E-state index in [1.807, 2.05) is 13.0 Å². The second kappa shape index (κ2) is 4.76. The molecule has 4 atom stereocenters. The average Bonchev–Trinajstić information content (AvgIpc) is 2.94. The molecule has 5 heteroatoms. The quantitative estimate of drug-likeness (QED) is 0.817. The number of amides is 1. The molecule has 102 valence electrons. The maximum absolute atomic E-state index is 12.4. The number of rotatable bonds is 2. The molecule has 3 N–H and O–H groups in total. The molecule has 19 heavy (non-hydrogen) atoms. The van der Waals surface area contributed by atoms with E-state index in [4.69, 9.17) is 17.3 Å². The van der Waals surface area contributed by atoms with Gasteiger partial charge in [-0.1, -0.05) is 11.6 Å². The van der Waals surface area contributed by atoms with Gasteiger partial charge in [-0.25, -0.2) is 4.98 Å². The van der Waals surface area contributed by atoms with Crippen LogP contribution in [0.25, 0.3) is 0 Å². The van der Waals surface area contributed by atoms with Gasteiger partial charge in [0.05, 0.1) is 11.6 Å². The Balaban J connectivity index is 1.77. The van der Waals surface area contributed by atoms with Crippen LogP contribution in [-0.2, 0) is 4.79 Å². The van der Waals surface area contributed by atoms with E-state index >= 15 is 0 Å². The summed E-state index contributed by atoms with van der Waals surface area (Å²) in [5.74, 6) is 0.882. The van der Waals surface area contributed by atoms with Crippen LogP contribution in [0.5, 0.6) is 0 Å². The van der Waals surface area contributed by atoms with E-state index in [2.05, 4.69) is 10.3 Å². The summed E-state index contributed by atoms with van der Waals surface area (Å²) in [5.41, 5.74) is 7.73. The number of hydrogen-bond donors (Lipinski definition) is 2. The number of halogens is 1. The molecule has 0 spiro atoms. The maximum atomic E-state index is 12.4. The Morgan fingerprint density at radius 1 is 1.47 bits per heavy atom. The first-order valence-corrected chi connectivity index (χ1v) is 7.12. The molecule has 2 saturated carbocycles. The number of pyridine rings is 1. The second-order valence-corrected chi connectivity index (χ2v) is 6.13. The minimum absolute atomic E-state index is 0.00436. The molecule has 1 aromatic rings. The van der Waals surface area contributed by atoms with Gasteiger partial charge in [0.1, 0.15) is 0 Å². The molecular weight excluding hydrogens is 262 g/mol. The highest BCUT2D eigenvalue weighted by Crippen LogP contribution is 2.48. The topological polar surface area (TPSA) is 68.0 Å². The molecular formula is C14H18ClN3O. The van der Waals surface area contributed by atoms with Crippen molar-refractivity contribution in [3.63, 3.8) is 0 Å². The van der Waals surface area contributed by atoms with Crippen molar-refractivity contribution in [2.75, 3.05) is 5.32 Å². The summed E-state index contributed by atoms with van der Waals surface area (Å²) in [6, 6.07) is 1.83. The maximum Gasteiger partial charge on any atom is 0.229 e. The Labute approximate surface area is 117 Å². The van der Waals surface area contributed by atoms with E-state index in [-0.39, 0.29) is 17.9 Å². The van der Waals surface area contributed by atoms with Crippen molar-refractivity contribution in [1.29, 1.82) is 0 Å². The van der Waals surface area contributed by atoms with Crippen molar-refractivity contribution in [2.45, 2.75) is 32.2 Å². The predicted molar refractivity (Wildman–Crippen MR) is 74.9 cm³/mol. The molecule has 1 amide bonds. The third-order valence-corrected chi connectivity index (χ3v) is 4.82. The van der Waals surface area contributed by atoms with Crippen LogP contribution in [0.4, 0.5) is 5.69 Å². The molecule has 4 unspecified atom stereocenters. The lowest BCUT2D eigenvalue weighted by Gasteiger charge is -2.27. The van der Waals surface area contributed by atoms with Gasteiger partial charge in [0.2, 0.25) is 5.91 Å². The zero-order valence-corrected chi connectivity index (χ0v) is 11.7. The number of nitrogens with one attached hydrogen (secondary N) is 1. The van der Waals surface area contributed by atoms with E-state index in [1.54, 1.807) is 6.20 Å². The fourth-order valence-corrected chi connectivity index (χ4v) is 3.73. The van der Waals surface area contributed by atoms with Crippen LogP contribution in [0.3, 0.4) is 0 Å². The smallest absolute Gasteiger partial charge is 0.229 e. The predicted octanol–water partition coefficient (Wildman–Crippen LogP) is 2.36. The van der Waals surface area contributed by atoms with Gasteiger partial charge in [0.25, 0.3) is 0 Å². The zero-order chi connectivity index (χ0) is 13.6. The number of carbonyl (C=O) groups is 1. The first kappa shape index (κ1) is 12.9. The van der Waals surface area contributed by atoms with Crippen molar-refractivity contribution in [3.05, 3.63) is 23.0 Å². The van der Waals surface area contributed by atoms with Crippen LogP contribution in [0, 0.1) is 24.7 Å². The van der Waals surface area contributed by atoms with E-state index in [0.29, 0.717) is 22.7 Å². The van der Waals surface area contributed by atoms with E-state index in [0.717, 1.165) is 18.4 Å². The largest absolute Gasteiger partial charge is 0.327 e. The highest BCUT2D eigenvalue weighted by Gasteiger charge is 2.49. The molecule has 2 fully saturated rings. The van der Waals surface area contributed by atoms with E-state index in [9.17, 15) is 4.79 Å². The molecule has 0 aliphatic heterocycles. The summed E-state index contributed by atoms with van der Waals surface area (Å²) < 4.78 is 0. The van der Waals surface area contributed by atoms with Crippen LogP contribution >= 0.6 is 11.6 Å². The van der Waals surface area contributed by atoms with Crippen LogP contribution in [-0.4, -0.2) is 16.9 Å². The first-order chi connectivity index (χ1) is 9.06. The van der Waals surface area contributed by atoms with Crippen LogP contribution in [0.15, 0.2) is 12.3 Å².